The molecule has 0 saturated heterocycles. The minimum atomic E-state index is -4.36. The Morgan fingerprint density at radius 2 is 2.25 bits per heavy atom. The van der Waals surface area contributed by atoms with E-state index < -0.39 is 11.9 Å². The van der Waals surface area contributed by atoms with Crippen LogP contribution in [0.3, 0.4) is 0 Å². The van der Waals surface area contributed by atoms with Crippen molar-refractivity contribution >= 4 is 0 Å². The highest BCUT2D eigenvalue weighted by molar-refractivity contribution is 5.11. The van der Waals surface area contributed by atoms with Crippen molar-refractivity contribution < 1.29 is 13.2 Å². The summed E-state index contributed by atoms with van der Waals surface area (Å²) in [6.45, 7) is 0.350. The normalized spacial score (nSPS) is 12.0. The van der Waals surface area contributed by atoms with Crippen LogP contribution >= 0.6 is 0 Å². The number of nitrogens with zero attached hydrogens (tertiary/aromatic N) is 1. The zero-order chi connectivity index (χ0) is 9.19. The van der Waals surface area contributed by atoms with E-state index in [0.29, 0.717) is 12.2 Å². The summed E-state index contributed by atoms with van der Waals surface area (Å²) in [5, 5.41) is 8.11. The minimum absolute atomic E-state index is 0.350. The number of alkyl halides is 3. The van der Waals surface area contributed by atoms with E-state index in [1.165, 1.54) is 0 Å². The molecule has 1 aromatic rings. The van der Waals surface area contributed by atoms with Gasteiger partial charge in [0.05, 0.1) is 0 Å². The summed E-state index contributed by atoms with van der Waals surface area (Å²) < 4.78 is 35.8. The lowest BCUT2D eigenvalue weighted by Gasteiger charge is -1.98. The van der Waals surface area contributed by atoms with Gasteiger partial charge in [-0.1, -0.05) is 0 Å². The van der Waals surface area contributed by atoms with Crippen LogP contribution in [-0.2, 0) is 12.7 Å². The third-order valence-electron chi connectivity index (χ3n) is 1.29. The lowest BCUT2D eigenvalue weighted by Crippen LogP contribution is -2.05. The Hall–Kier alpha value is -1.04. The molecule has 0 atom stereocenters. The van der Waals surface area contributed by atoms with E-state index in [0.717, 1.165) is 6.07 Å². The van der Waals surface area contributed by atoms with E-state index >= 15 is 0 Å². The van der Waals surface area contributed by atoms with Gasteiger partial charge in [0.2, 0.25) is 0 Å². The monoisotopic (exact) mass is 179 g/mol. The van der Waals surface area contributed by atoms with Crippen LogP contribution in [0.5, 0.6) is 0 Å². The van der Waals surface area contributed by atoms with Crippen LogP contribution < -0.4 is 5.32 Å². The summed E-state index contributed by atoms with van der Waals surface area (Å²) in [7, 11) is 1.65. The molecule has 68 valence electrons. The van der Waals surface area contributed by atoms with E-state index in [9.17, 15) is 13.2 Å². The zero-order valence-corrected chi connectivity index (χ0v) is 6.37. The summed E-state index contributed by atoms with van der Waals surface area (Å²) in [6.07, 6.45) is -4.36. The number of aromatic nitrogens is 2. The van der Waals surface area contributed by atoms with Crippen LogP contribution in [0.25, 0.3) is 0 Å². The molecule has 0 spiro atoms. The molecule has 1 heterocycles. The average Bonchev–Trinajstić information content (AvgIpc) is 2.35. The van der Waals surface area contributed by atoms with Crippen molar-refractivity contribution in [2.45, 2.75) is 12.7 Å². The number of halogens is 3. The van der Waals surface area contributed by atoms with Crippen LogP contribution in [-0.4, -0.2) is 17.2 Å². The Morgan fingerprint density at radius 3 is 2.67 bits per heavy atom. The van der Waals surface area contributed by atoms with Gasteiger partial charge in [-0.3, -0.25) is 5.10 Å². The number of aromatic amines is 1. The predicted octanol–water partition coefficient (Wildman–Crippen LogP) is 1.15. The summed E-state index contributed by atoms with van der Waals surface area (Å²) >= 11 is 0. The average molecular weight is 179 g/mol. The number of H-pyrrole nitrogens is 1. The molecule has 0 aromatic carbocycles. The Bertz CT molecular complexity index is 253. The van der Waals surface area contributed by atoms with Crippen molar-refractivity contribution in [1.29, 1.82) is 0 Å². The van der Waals surface area contributed by atoms with Gasteiger partial charge in [0.15, 0.2) is 5.69 Å². The van der Waals surface area contributed by atoms with Gasteiger partial charge in [-0.15, -0.1) is 0 Å². The number of nitrogens with one attached hydrogen (secondary N) is 2. The number of hydrogen-bond acceptors (Lipinski definition) is 2. The maximum atomic E-state index is 11.9. The molecule has 3 nitrogen and oxygen atoms in total. The van der Waals surface area contributed by atoms with Crippen molar-refractivity contribution in [3.05, 3.63) is 17.5 Å². The van der Waals surface area contributed by atoms with E-state index in [-0.39, 0.29) is 0 Å². The second-order valence-corrected chi connectivity index (χ2v) is 2.31. The zero-order valence-electron chi connectivity index (χ0n) is 6.37. The molecular formula is C6H8F3N3. The smallest absolute Gasteiger partial charge is 0.314 e. The molecule has 0 amide bonds. The first-order valence-electron chi connectivity index (χ1n) is 3.30. The number of rotatable bonds is 2. The molecule has 0 bridgehead atoms. The first-order chi connectivity index (χ1) is 5.54. The maximum Gasteiger partial charge on any atom is 0.435 e. The molecule has 0 aliphatic carbocycles. The first kappa shape index (κ1) is 9.05. The molecule has 12 heavy (non-hydrogen) atoms. The Labute approximate surface area is 67.0 Å². The van der Waals surface area contributed by atoms with Gasteiger partial charge < -0.3 is 5.32 Å². The number of hydrogen-bond donors (Lipinski definition) is 2. The largest absolute Gasteiger partial charge is 0.435 e. The van der Waals surface area contributed by atoms with E-state index in [1.54, 1.807) is 7.05 Å². The summed E-state index contributed by atoms with van der Waals surface area (Å²) in [5.74, 6) is 0. The van der Waals surface area contributed by atoms with Crippen molar-refractivity contribution in [3.8, 4) is 0 Å². The van der Waals surface area contributed by atoms with Crippen LogP contribution in [0.15, 0.2) is 6.07 Å². The Morgan fingerprint density at radius 1 is 1.58 bits per heavy atom. The summed E-state index contributed by atoms with van der Waals surface area (Å²) in [4.78, 5) is 0. The van der Waals surface area contributed by atoms with Gasteiger partial charge in [-0.05, 0) is 13.1 Å². The van der Waals surface area contributed by atoms with Crippen molar-refractivity contribution in [3.63, 3.8) is 0 Å². The quantitative estimate of drug-likeness (QED) is 0.714. The third kappa shape index (κ3) is 1.97. The molecule has 1 aromatic heterocycles. The molecule has 1 rings (SSSR count). The summed E-state index contributed by atoms with van der Waals surface area (Å²) in [6, 6.07) is 0.983. The topological polar surface area (TPSA) is 40.7 Å². The fourth-order valence-corrected chi connectivity index (χ4v) is 0.788. The van der Waals surface area contributed by atoms with Gasteiger partial charge in [-0.25, -0.2) is 0 Å². The highest BCUT2D eigenvalue weighted by Gasteiger charge is 2.33. The fourth-order valence-electron chi connectivity index (χ4n) is 0.788. The van der Waals surface area contributed by atoms with Gasteiger partial charge >= 0.3 is 6.18 Å². The van der Waals surface area contributed by atoms with Crippen molar-refractivity contribution in [2.75, 3.05) is 7.05 Å². The molecule has 2 N–H and O–H groups in total. The van der Waals surface area contributed by atoms with Gasteiger partial charge in [-0.2, -0.15) is 18.3 Å². The van der Waals surface area contributed by atoms with Crippen LogP contribution in [0.1, 0.15) is 11.4 Å². The maximum absolute atomic E-state index is 11.9. The standard InChI is InChI=1S/C6H8F3N3/c1-10-3-4-2-5(12-11-4)6(7,8)9/h2,10H,3H2,1H3,(H,11,12). The first-order valence-corrected chi connectivity index (χ1v) is 3.30. The lowest BCUT2D eigenvalue weighted by molar-refractivity contribution is -0.141. The Kier molecular flexibility index (Phi) is 2.37. The van der Waals surface area contributed by atoms with E-state index in [2.05, 4.69) is 15.5 Å². The molecule has 0 unspecified atom stereocenters. The van der Waals surface area contributed by atoms with Crippen LogP contribution in [0.2, 0.25) is 0 Å². The van der Waals surface area contributed by atoms with E-state index in [4.69, 9.17) is 0 Å². The van der Waals surface area contributed by atoms with Crippen molar-refractivity contribution in [2.24, 2.45) is 0 Å². The molecule has 0 radical (unpaired) electrons. The molecular weight excluding hydrogens is 171 g/mol. The highest BCUT2D eigenvalue weighted by Crippen LogP contribution is 2.27. The molecule has 0 fully saturated rings. The lowest BCUT2D eigenvalue weighted by atomic mass is 10.3. The molecule has 6 heteroatoms. The van der Waals surface area contributed by atoms with Gasteiger partial charge in [0.1, 0.15) is 0 Å². The summed E-state index contributed by atoms with van der Waals surface area (Å²) in [5.41, 5.74) is -0.461. The van der Waals surface area contributed by atoms with E-state index in [1.807, 2.05) is 0 Å². The van der Waals surface area contributed by atoms with Gasteiger partial charge in [0, 0.05) is 12.2 Å². The third-order valence-corrected chi connectivity index (χ3v) is 1.29. The molecule has 0 saturated carbocycles. The molecule has 0 aliphatic rings. The van der Waals surface area contributed by atoms with Crippen LogP contribution in [0.4, 0.5) is 13.2 Å². The second kappa shape index (κ2) is 3.14. The predicted molar refractivity (Wildman–Crippen MR) is 36.4 cm³/mol. The van der Waals surface area contributed by atoms with Crippen LogP contribution in [0, 0.1) is 0 Å². The Balaban J connectivity index is 2.77. The minimum Gasteiger partial charge on any atom is -0.314 e. The SMILES string of the molecule is CNCc1cc(C(F)(F)F)n[nH]1. The fraction of sp³-hybridized carbons (Fsp3) is 0.500. The second-order valence-electron chi connectivity index (χ2n) is 2.31. The van der Waals surface area contributed by atoms with Gasteiger partial charge in [0.25, 0.3) is 0 Å². The molecule has 0 aliphatic heterocycles. The highest BCUT2D eigenvalue weighted by atomic mass is 19.4. The van der Waals surface area contributed by atoms with Crippen molar-refractivity contribution in [1.82, 2.24) is 15.5 Å².